The van der Waals surface area contributed by atoms with E-state index in [4.69, 9.17) is 0 Å². The third kappa shape index (κ3) is 3.81. The Morgan fingerprint density at radius 1 is 1.29 bits per heavy atom. The fourth-order valence-corrected chi connectivity index (χ4v) is 3.75. The monoisotopic (exact) mass is 327 g/mol. The van der Waals surface area contributed by atoms with E-state index in [2.05, 4.69) is 31.0 Å². The summed E-state index contributed by atoms with van der Waals surface area (Å²) in [5, 5.41) is 4.18. The van der Waals surface area contributed by atoms with Crippen LogP contribution in [0.4, 0.5) is 0 Å². The Labute approximate surface area is 144 Å². The van der Waals surface area contributed by atoms with E-state index in [1.165, 1.54) is 6.42 Å². The van der Waals surface area contributed by atoms with Crippen LogP contribution in [0.25, 0.3) is 10.9 Å². The molecule has 24 heavy (non-hydrogen) atoms. The van der Waals surface area contributed by atoms with Crippen molar-refractivity contribution in [1.82, 2.24) is 14.8 Å². The molecule has 1 saturated heterocycles. The Morgan fingerprint density at radius 3 is 2.79 bits per heavy atom. The number of carbonyl (C=O) groups excluding carboxylic acids is 1. The summed E-state index contributed by atoms with van der Waals surface area (Å²) in [5.74, 6) is 0.604. The van der Waals surface area contributed by atoms with Crippen LogP contribution in [0.1, 0.15) is 37.6 Å². The van der Waals surface area contributed by atoms with Crippen LogP contribution in [0.15, 0.2) is 30.5 Å². The van der Waals surface area contributed by atoms with Crippen molar-refractivity contribution in [3.8, 4) is 0 Å². The SMILES string of the molecule is Cn1cc(C(=O)NC[C@H]2CCN(CC(C)(C)C)C2)c2ccccc21. The van der Waals surface area contributed by atoms with Gasteiger partial charge in [-0.1, -0.05) is 39.0 Å². The average molecular weight is 327 g/mol. The average Bonchev–Trinajstić information content (AvgIpc) is 3.08. The molecule has 1 atom stereocenters. The molecule has 1 fully saturated rings. The molecule has 1 aromatic heterocycles. The predicted molar refractivity (Wildman–Crippen MR) is 99.3 cm³/mol. The Balaban J connectivity index is 1.58. The van der Waals surface area contributed by atoms with Gasteiger partial charge in [-0.2, -0.15) is 0 Å². The minimum Gasteiger partial charge on any atom is -0.352 e. The molecule has 2 aromatic rings. The van der Waals surface area contributed by atoms with Gasteiger partial charge in [0.05, 0.1) is 5.56 Å². The highest BCUT2D eigenvalue weighted by molar-refractivity contribution is 6.06. The summed E-state index contributed by atoms with van der Waals surface area (Å²) in [6.45, 7) is 11.0. The number of amides is 1. The van der Waals surface area contributed by atoms with Crippen molar-refractivity contribution in [2.24, 2.45) is 18.4 Å². The van der Waals surface area contributed by atoms with Crippen molar-refractivity contribution in [3.05, 3.63) is 36.0 Å². The van der Waals surface area contributed by atoms with Crippen molar-refractivity contribution in [1.29, 1.82) is 0 Å². The minimum absolute atomic E-state index is 0.0427. The molecule has 1 N–H and O–H groups in total. The number of rotatable bonds is 4. The van der Waals surface area contributed by atoms with E-state index in [1.807, 2.05) is 42.1 Å². The molecule has 2 heterocycles. The molecule has 1 aliphatic rings. The molecule has 1 aromatic carbocycles. The number of hydrogen-bond acceptors (Lipinski definition) is 2. The lowest BCUT2D eigenvalue weighted by Gasteiger charge is -2.26. The number of aromatic nitrogens is 1. The molecule has 0 spiro atoms. The summed E-state index contributed by atoms with van der Waals surface area (Å²) in [4.78, 5) is 15.1. The van der Waals surface area contributed by atoms with Gasteiger partial charge in [0.15, 0.2) is 0 Å². The van der Waals surface area contributed by atoms with E-state index >= 15 is 0 Å². The van der Waals surface area contributed by atoms with E-state index in [9.17, 15) is 4.79 Å². The van der Waals surface area contributed by atoms with Gasteiger partial charge >= 0.3 is 0 Å². The van der Waals surface area contributed by atoms with Gasteiger partial charge in [-0.25, -0.2) is 0 Å². The van der Waals surface area contributed by atoms with E-state index in [0.29, 0.717) is 11.3 Å². The molecule has 0 bridgehead atoms. The zero-order chi connectivity index (χ0) is 17.3. The number of likely N-dealkylation sites (tertiary alicyclic amines) is 1. The van der Waals surface area contributed by atoms with Crippen molar-refractivity contribution < 1.29 is 4.79 Å². The molecule has 0 unspecified atom stereocenters. The van der Waals surface area contributed by atoms with E-state index in [1.54, 1.807) is 0 Å². The van der Waals surface area contributed by atoms with Crippen molar-refractivity contribution in [2.45, 2.75) is 27.2 Å². The fraction of sp³-hybridized carbons (Fsp3) is 0.550. The largest absolute Gasteiger partial charge is 0.352 e. The number of benzene rings is 1. The fourth-order valence-electron chi connectivity index (χ4n) is 3.75. The maximum Gasteiger partial charge on any atom is 0.253 e. The number of aryl methyl sites for hydroxylation is 1. The van der Waals surface area contributed by atoms with Gasteiger partial charge in [0.25, 0.3) is 5.91 Å². The zero-order valence-electron chi connectivity index (χ0n) is 15.3. The van der Waals surface area contributed by atoms with Crippen LogP contribution >= 0.6 is 0 Å². The van der Waals surface area contributed by atoms with Gasteiger partial charge < -0.3 is 14.8 Å². The van der Waals surface area contributed by atoms with E-state index < -0.39 is 0 Å². The first-order chi connectivity index (χ1) is 11.3. The van der Waals surface area contributed by atoms with Crippen LogP contribution in [0.3, 0.4) is 0 Å². The molecule has 1 amide bonds. The molecule has 0 aliphatic carbocycles. The molecular formula is C20H29N3O. The maximum absolute atomic E-state index is 12.6. The number of nitrogens with zero attached hydrogens (tertiary/aromatic N) is 2. The van der Waals surface area contributed by atoms with E-state index in [0.717, 1.165) is 42.6 Å². The second-order valence-corrected chi connectivity index (χ2v) is 8.33. The molecule has 4 heteroatoms. The van der Waals surface area contributed by atoms with Gasteiger partial charge in [0.2, 0.25) is 0 Å². The summed E-state index contributed by atoms with van der Waals surface area (Å²) in [6.07, 6.45) is 3.10. The van der Waals surface area contributed by atoms with Gasteiger partial charge in [-0.15, -0.1) is 0 Å². The first-order valence-corrected chi connectivity index (χ1v) is 8.88. The summed E-state index contributed by atoms with van der Waals surface area (Å²) in [5.41, 5.74) is 2.21. The Hall–Kier alpha value is -1.81. The Bertz CT molecular complexity index is 726. The van der Waals surface area contributed by atoms with Crippen molar-refractivity contribution >= 4 is 16.8 Å². The summed E-state index contributed by atoms with van der Waals surface area (Å²) in [6, 6.07) is 8.06. The van der Waals surface area contributed by atoms with Crippen LogP contribution in [0.5, 0.6) is 0 Å². The normalized spacial score (nSPS) is 19.1. The molecule has 1 aliphatic heterocycles. The lowest BCUT2D eigenvalue weighted by molar-refractivity contribution is 0.0948. The van der Waals surface area contributed by atoms with Crippen LogP contribution in [0.2, 0.25) is 0 Å². The highest BCUT2D eigenvalue weighted by atomic mass is 16.1. The summed E-state index contributed by atoms with van der Waals surface area (Å²) in [7, 11) is 1.99. The van der Waals surface area contributed by atoms with Crippen LogP contribution in [-0.2, 0) is 7.05 Å². The molecule has 130 valence electrons. The highest BCUT2D eigenvalue weighted by Crippen LogP contribution is 2.23. The minimum atomic E-state index is 0.0427. The van der Waals surface area contributed by atoms with Crippen molar-refractivity contribution in [2.75, 3.05) is 26.2 Å². The third-order valence-corrected chi connectivity index (χ3v) is 4.76. The van der Waals surface area contributed by atoms with Gasteiger partial charge in [0.1, 0.15) is 0 Å². The Morgan fingerprint density at radius 2 is 2.04 bits per heavy atom. The Kier molecular flexibility index (Phi) is 4.68. The second kappa shape index (κ2) is 6.60. The van der Waals surface area contributed by atoms with Gasteiger partial charge in [-0.3, -0.25) is 4.79 Å². The second-order valence-electron chi connectivity index (χ2n) is 8.33. The predicted octanol–water partition coefficient (Wildman–Crippen LogP) is 3.28. The van der Waals surface area contributed by atoms with Crippen LogP contribution in [0, 0.1) is 11.3 Å². The zero-order valence-corrected chi connectivity index (χ0v) is 15.3. The summed E-state index contributed by atoms with van der Waals surface area (Å²) < 4.78 is 2.02. The van der Waals surface area contributed by atoms with Crippen LogP contribution < -0.4 is 5.32 Å². The first kappa shape index (κ1) is 17.0. The first-order valence-electron chi connectivity index (χ1n) is 8.88. The summed E-state index contributed by atoms with van der Waals surface area (Å²) >= 11 is 0. The molecule has 3 rings (SSSR count). The topological polar surface area (TPSA) is 37.3 Å². The number of para-hydroxylation sites is 1. The quantitative estimate of drug-likeness (QED) is 0.936. The number of nitrogens with one attached hydrogen (secondary N) is 1. The highest BCUT2D eigenvalue weighted by Gasteiger charge is 2.26. The van der Waals surface area contributed by atoms with Crippen LogP contribution in [-0.4, -0.2) is 41.6 Å². The molecule has 4 nitrogen and oxygen atoms in total. The van der Waals surface area contributed by atoms with Gasteiger partial charge in [0, 0.05) is 43.8 Å². The maximum atomic E-state index is 12.6. The van der Waals surface area contributed by atoms with Crippen molar-refractivity contribution in [3.63, 3.8) is 0 Å². The molecule has 0 saturated carbocycles. The number of fused-ring (bicyclic) bond motifs is 1. The lowest BCUT2D eigenvalue weighted by Crippen LogP contribution is -2.33. The van der Waals surface area contributed by atoms with Gasteiger partial charge in [-0.05, 0) is 30.4 Å². The smallest absolute Gasteiger partial charge is 0.253 e. The number of hydrogen-bond donors (Lipinski definition) is 1. The lowest BCUT2D eigenvalue weighted by atomic mass is 9.96. The van der Waals surface area contributed by atoms with E-state index in [-0.39, 0.29) is 5.91 Å². The number of carbonyl (C=O) groups is 1. The molecular weight excluding hydrogens is 298 g/mol. The molecule has 0 radical (unpaired) electrons. The third-order valence-electron chi connectivity index (χ3n) is 4.76. The standard InChI is InChI=1S/C20H29N3O/c1-20(2,3)14-23-10-9-15(12-23)11-21-19(24)17-13-22(4)18-8-6-5-7-16(17)18/h5-8,13,15H,9-12,14H2,1-4H3,(H,21,24)/t15-/m1/s1.